The molecule has 3 aliphatic rings. The van der Waals surface area contributed by atoms with Gasteiger partial charge in [-0.1, -0.05) is 11.6 Å². The lowest BCUT2D eigenvalue weighted by molar-refractivity contribution is 0.165. The summed E-state index contributed by atoms with van der Waals surface area (Å²) in [7, 11) is 0. The zero-order valence-corrected chi connectivity index (χ0v) is 14.2. The Labute approximate surface area is 145 Å². The van der Waals surface area contributed by atoms with Crippen molar-refractivity contribution in [3.63, 3.8) is 0 Å². The second-order valence-electron chi connectivity index (χ2n) is 6.74. The van der Waals surface area contributed by atoms with Gasteiger partial charge in [-0.15, -0.1) is 0 Å². The smallest absolute Gasteiger partial charge is 0.231 e. The van der Waals surface area contributed by atoms with Gasteiger partial charge in [-0.3, -0.25) is 4.90 Å². The molecule has 0 amide bonds. The van der Waals surface area contributed by atoms with E-state index >= 15 is 0 Å². The number of fused-ring (bicyclic) bond motifs is 5. The maximum Gasteiger partial charge on any atom is 0.231 e. The molecule has 0 spiro atoms. The van der Waals surface area contributed by atoms with Gasteiger partial charge in [0.15, 0.2) is 11.5 Å². The van der Waals surface area contributed by atoms with Crippen molar-refractivity contribution in [2.75, 3.05) is 6.79 Å². The third-order valence-electron chi connectivity index (χ3n) is 5.35. The number of aromatic nitrogens is 2. The Morgan fingerprint density at radius 3 is 2.96 bits per heavy atom. The van der Waals surface area contributed by atoms with Gasteiger partial charge >= 0.3 is 0 Å². The predicted molar refractivity (Wildman–Crippen MR) is 89.4 cm³/mol. The molecule has 2 aromatic rings. The van der Waals surface area contributed by atoms with Gasteiger partial charge in [-0.05, 0) is 31.4 Å². The highest BCUT2D eigenvalue weighted by Gasteiger charge is 2.41. The Bertz CT molecular complexity index is 826. The molecule has 0 N–H and O–H groups in total. The molecule has 1 saturated heterocycles. The average molecular weight is 344 g/mol. The summed E-state index contributed by atoms with van der Waals surface area (Å²) in [4.78, 5) is 11.6. The van der Waals surface area contributed by atoms with E-state index in [0.29, 0.717) is 12.1 Å². The Kier molecular flexibility index (Phi) is 3.22. The Morgan fingerprint density at radius 1 is 1.25 bits per heavy atom. The summed E-state index contributed by atoms with van der Waals surface area (Å²) in [6.07, 6.45) is 5.37. The molecule has 1 aromatic heterocycles. The van der Waals surface area contributed by atoms with E-state index in [9.17, 15) is 0 Å². The first-order valence-corrected chi connectivity index (χ1v) is 8.73. The summed E-state index contributed by atoms with van der Waals surface area (Å²) in [5, 5.41) is 0.740. The van der Waals surface area contributed by atoms with E-state index in [1.807, 2.05) is 25.3 Å². The van der Waals surface area contributed by atoms with Crippen molar-refractivity contribution in [2.24, 2.45) is 0 Å². The standard InChI is InChI=1S/C18H18ClN3O2/c1-10-20-7-13-15(21-10)5-12-2-3-16(13)22(12)8-11-4-17-18(6-14(11)19)24-9-23-17/h4,6-7,12,16H,2-3,5,8-9H2,1H3/t12-,16-/m1/s1. The minimum Gasteiger partial charge on any atom is -0.454 e. The number of nitrogens with zero attached hydrogens (tertiary/aromatic N) is 3. The molecule has 5 nitrogen and oxygen atoms in total. The molecule has 0 radical (unpaired) electrons. The van der Waals surface area contributed by atoms with Crippen molar-refractivity contribution in [1.82, 2.24) is 14.9 Å². The van der Waals surface area contributed by atoms with Gasteiger partial charge in [0, 0.05) is 47.9 Å². The van der Waals surface area contributed by atoms with Gasteiger partial charge in [0.2, 0.25) is 6.79 Å². The number of aryl methyl sites for hydroxylation is 1. The Balaban J connectivity index is 1.47. The third-order valence-corrected chi connectivity index (χ3v) is 5.70. The molecule has 0 saturated carbocycles. The van der Waals surface area contributed by atoms with E-state index in [0.717, 1.165) is 47.3 Å². The van der Waals surface area contributed by atoms with Gasteiger partial charge in [-0.25, -0.2) is 9.97 Å². The second kappa shape index (κ2) is 5.33. The molecule has 4 heterocycles. The van der Waals surface area contributed by atoms with Crippen LogP contribution in [0.3, 0.4) is 0 Å². The molecule has 5 rings (SSSR count). The monoisotopic (exact) mass is 343 g/mol. The minimum atomic E-state index is 0.272. The van der Waals surface area contributed by atoms with Crippen LogP contribution < -0.4 is 9.47 Å². The fraction of sp³-hybridized carbons (Fsp3) is 0.444. The van der Waals surface area contributed by atoms with Crippen LogP contribution in [0, 0.1) is 6.92 Å². The van der Waals surface area contributed by atoms with Crippen LogP contribution in [-0.4, -0.2) is 27.7 Å². The third kappa shape index (κ3) is 2.19. The molecule has 0 unspecified atom stereocenters. The average Bonchev–Trinajstić information content (AvgIpc) is 3.11. The van der Waals surface area contributed by atoms with Crippen LogP contribution >= 0.6 is 11.6 Å². The highest BCUT2D eigenvalue weighted by molar-refractivity contribution is 6.31. The molecule has 1 aromatic carbocycles. The van der Waals surface area contributed by atoms with Crippen LogP contribution in [0.25, 0.3) is 0 Å². The second-order valence-corrected chi connectivity index (χ2v) is 7.15. The molecule has 6 heteroatoms. The highest BCUT2D eigenvalue weighted by atomic mass is 35.5. The molecule has 1 fully saturated rings. The zero-order valence-electron chi connectivity index (χ0n) is 13.5. The van der Waals surface area contributed by atoms with E-state index in [-0.39, 0.29) is 6.79 Å². The first-order chi connectivity index (χ1) is 11.7. The molecule has 124 valence electrons. The Morgan fingerprint density at radius 2 is 2.08 bits per heavy atom. The Hall–Kier alpha value is -1.85. The van der Waals surface area contributed by atoms with Gasteiger partial charge < -0.3 is 9.47 Å². The number of benzene rings is 1. The molecule has 3 aliphatic heterocycles. The number of hydrogen-bond donors (Lipinski definition) is 0. The number of hydrogen-bond acceptors (Lipinski definition) is 5. The molecular formula is C18H18ClN3O2. The van der Waals surface area contributed by atoms with E-state index in [4.69, 9.17) is 21.1 Å². The summed E-state index contributed by atoms with van der Waals surface area (Å²) in [6.45, 7) is 3.05. The van der Waals surface area contributed by atoms with Crippen molar-refractivity contribution in [2.45, 2.75) is 44.8 Å². The molecule has 2 bridgehead atoms. The number of ether oxygens (including phenoxy) is 2. The van der Waals surface area contributed by atoms with Crippen molar-refractivity contribution in [3.8, 4) is 11.5 Å². The molecule has 24 heavy (non-hydrogen) atoms. The number of rotatable bonds is 2. The summed E-state index contributed by atoms with van der Waals surface area (Å²) in [6, 6.07) is 4.80. The van der Waals surface area contributed by atoms with Gasteiger partial charge in [0.25, 0.3) is 0 Å². The minimum absolute atomic E-state index is 0.272. The summed E-state index contributed by atoms with van der Waals surface area (Å²) in [5.74, 6) is 2.39. The quantitative estimate of drug-likeness (QED) is 0.836. The summed E-state index contributed by atoms with van der Waals surface area (Å²) in [5.41, 5.74) is 3.60. The first-order valence-electron chi connectivity index (χ1n) is 8.35. The maximum absolute atomic E-state index is 6.48. The van der Waals surface area contributed by atoms with Crippen molar-refractivity contribution >= 4 is 11.6 Å². The zero-order chi connectivity index (χ0) is 16.3. The molecule has 2 atom stereocenters. The fourth-order valence-corrected chi connectivity index (χ4v) is 4.41. The maximum atomic E-state index is 6.48. The largest absolute Gasteiger partial charge is 0.454 e. The van der Waals surface area contributed by atoms with Gasteiger partial charge in [0.1, 0.15) is 5.82 Å². The molecule has 0 aliphatic carbocycles. The van der Waals surface area contributed by atoms with E-state index in [2.05, 4.69) is 14.9 Å². The lowest BCUT2D eigenvalue weighted by Gasteiger charge is -2.35. The first kappa shape index (κ1) is 14.5. The predicted octanol–water partition coefficient (Wildman–Crippen LogP) is 3.43. The van der Waals surface area contributed by atoms with Crippen LogP contribution in [0.1, 0.15) is 41.5 Å². The van der Waals surface area contributed by atoms with Crippen LogP contribution in [0.2, 0.25) is 5.02 Å². The highest BCUT2D eigenvalue weighted by Crippen LogP contribution is 2.45. The van der Waals surface area contributed by atoms with Crippen LogP contribution in [-0.2, 0) is 13.0 Å². The van der Waals surface area contributed by atoms with Gasteiger partial charge in [-0.2, -0.15) is 0 Å². The van der Waals surface area contributed by atoms with Crippen LogP contribution in [0.4, 0.5) is 0 Å². The fourth-order valence-electron chi connectivity index (χ4n) is 4.20. The SMILES string of the molecule is Cc1ncc2c(n1)C[C@H]1CC[C@H]2N1Cc1cc2c(cc1Cl)OCO2. The van der Waals surface area contributed by atoms with Crippen LogP contribution in [0.15, 0.2) is 18.3 Å². The van der Waals surface area contributed by atoms with Crippen molar-refractivity contribution in [3.05, 3.63) is 46.0 Å². The topological polar surface area (TPSA) is 47.5 Å². The molecular weight excluding hydrogens is 326 g/mol. The lowest BCUT2D eigenvalue weighted by Crippen LogP contribution is -2.37. The van der Waals surface area contributed by atoms with E-state index < -0.39 is 0 Å². The van der Waals surface area contributed by atoms with Crippen molar-refractivity contribution in [1.29, 1.82) is 0 Å². The van der Waals surface area contributed by atoms with Crippen molar-refractivity contribution < 1.29 is 9.47 Å². The van der Waals surface area contributed by atoms with Gasteiger partial charge in [0.05, 0.1) is 5.69 Å². The summed E-state index contributed by atoms with van der Waals surface area (Å²) >= 11 is 6.48. The van der Waals surface area contributed by atoms with E-state index in [1.54, 1.807) is 0 Å². The van der Waals surface area contributed by atoms with E-state index in [1.165, 1.54) is 17.7 Å². The van der Waals surface area contributed by atoms with Crippen LogP contribution in [0.5, 0.6) is 11.5 Å². The normalized spacial score (nSPS) is 24.2. The summed E-state index contributed by atoms with van der Waals surface area (Å²) < 4.78 is 10.9. The number of halogens is 1. The lowest BCUT2D eigenvalue weighted by atomic mass is 9.98.